The number of carbonyl (C=O) groups is 1. The van der Waals surface area contributed by atoms with Crippen LogP contribution in [0.5, 0.6) is 0 Å². The van der Waals surface area contributed by atoms with E-state index in [4.69, 9.17) is 14.5 Å². The monoisotopic (exact) mass is 683 g/mol. The summed E-state index contributed by atoms with van der Waals surface area (Å²) in [7, 11) is 0. The van der Waals surface area contributed by atoms with E-state index in [2.05, 4.69) is 83.1 Å². The molecule has 0 fully saturated rings. The van der Waals surface area contributed by atoms with Gasteiger partial charge >= 0.3 is 0 Å². The first-order valence-electron chi connectivity index (χ1n) is 12.6. The van der Waals surface area contributed by atoms with Crippen LogP contribution >= 0.6 is 0 Å². The zero-order valence-corrected chi connectivity index (χ0v) is 25.2. The molecule has 1 aliphatic rings. The van der Waals surface area contributed by atoms with Crippen molar-refractivity contribution in [2.24, 2.45) is 0 Å². The van der Waals surface area contributed by atoms with Crippen molar-refractivity contribution in [2.45, 2.75) is 59.3 Å². The molecule has 0 spiro atoms. The molecular formula is C33H32IrNO3-. The van der Waals surface area contributed by atoms with Gasteiger partial charge in [-0.15, -0.1) is 23.3 Å². The van der Waals surface area contributed by atoms with E-state index >= 15 is 0 Å². The van der Waals surface area contributed by atoms with Gasteiger partial charge in [-0.1, -0.05) is 81.8 Å². The Bertz CT molecular complexity index is 1730. The van der Waals surface area contributed by atoms with Crippen LogP contribution in [0.25, 0.3) is 44.0 Å². The molecule has 38 heavy (non-hydrogen) atoms. The van der Waals surface area contributed by atoms with Gasteiger partial charge in [0.1, 0.15) is 11.2 Å². The summed E-state index contributed by atoms with van der Waals surface area (Å²) in [4.78, 5) is 14.9. The van der Waals surface area contributed by atoms with Crippen LogP contribution in [0, 0.1) is 6.07 Å². The van der Waals surface area contributed by atoms with Gasteiger partial charge in [0, 0.05) is 48.7 Å². The standard InChI is InChI=1S/C28H24NO.C5H8O2.Ir/c1-27(2,3)20-13-12-19-22-23-21(30-26(20)22)14-15-29-25(23)18-11-10-16-8-6-7-9-17(16)24(18)28(19,4)5;1-4(6)3-5(2)7;/h6-10,12-15H,1-5H3;3,6H,1-2H3;/q-1;;/b;4-3-;. The Morgan fingerprint density at radius 3 is 2.39 bits per heavy atom. The maximum atomic E-state index is 10.0. The number of furan rings is 1. The number of nitrogens with zero attached hydrogens (tertiary/aromatic N) is 1. The number of ketones is 1. The van der Waals surface area contributed by atoms with Crippen LogP contribution in [0.3, 0.4) is 0 Å². The topological polar surface area (TPSA) is 63.3 Å². The van der Waals surface area contributed by atoms with Crippen molar-refractivity contribution >= 4 is 38.5 Å². The molecule has 5 aromatic rings. The Balaban J connectivity index is 0.000000375. The van der Waals surface area contributed by atoms with Crippen LogP contribution in [0.15, 0.2) is 71.0 Å². The van der Waals surface area contributed by atoms with E-state index in [1.54, 1.807) is 0 Å². The summed E-state index contributed by atoms with van der Waals surface area (Å²) >= 11 is 0. The normalized spacial score (nSPS) is 14.0. The Morgan fingerprint density at radius 2 is 1.76 bits per heavy atom. The molecule has 1 aliphatic carbocycles. The third-order valence-corrected chi connectivity index (χ3v) is 7.14. The number of fused-ring (bicyclic) bond motifs is 4. The van der Waals surface area contributed by atoms with Crippen molar-refractivity contribution in [1.29, 1.82) is 0 Å². The number of aliphatic hydroxyl groups excluding tert-OH is 1. The van der Waals surface area contributed by atoms with Gasteiger partial charge < -0.3 is 14.5 Å². The summed E-state index contributed by atoms with van der Waals surface area (Å²) in [6, 6.07) is 20.9. The molecule has 0 saturated carbocycles. The van der Waals surface area contributed by atoms with E-state index in [9.17, 15) is 4.79 Å². The van der Waals surface area contributed by atoms with Gasteiger partial charge in [0.2, 0.25) is 0 Å². The number of allylic oxidation sites excluding steroid dienone is 2. The Kier molecular flexibility index (Phi) is 7.16. The number of carbonyl (C=O) groups excluding carboxylic acids is 1. The van der Waals surface area contributed by atoms with Gasteiger partial charge in [0.05, 0.1) is 5.76 Å². The molecule has 5 heteroatoms. The van der Waals surface area contributed by atoms with Crippen LogP contribution < -0.4 is 0 Å². The van der Waals surface area contributed by atoms with Crippen LogP contribution in [0.2, 0.25) is 0 Å². The first-order chi connectivity index (χ1) is 17.4. The minimum Gasteiger partial charge on any atom is -0.512 e. The summed E-state index contributed by atoms with van der Waals surface area (Å²) < 4.78 is 6.51. The molecule has 1 radical (unpaired) electrons. The number of hydrogen-bond acceptors (Lipinski definition) is 4. The van der Waals surface area contributed by atoms with E-state index in [1.165, 1.54) is 52.8 Å². The predicted octanol–water partition coefficient (Wildman–Crippen LogP) is 8.57. The fraction of sp³-hybridized carbons (Fsp3) is 0.273. The molecule has 4 nitrogen and oxygen atoms in total. The second-order valence-electron chi connectivity index (χ2n) is 11.4. The Morgan fingerprint density at radius 1 is 1.05 bits per heavy atom. The molecular weight excluding hydrogens is 651 g/mol. The quantitative estimate of drug-likeness (QED) is 0.109. The van der Waals surface area contributed by atoms with Gasteiger partial charge in [-0.3, -0.25) is 4.79 Å². The molecule has 2 aromatic heterocycles. The number of benzene rings is 3. The molecule has 1 N–H and O–H groups in total. The molecule has 2 heterocycles. The molecule has 0 atom stereocenters. The Labute approximate surface area is 237 Å². The molecule has 0 aliphatic heterocycles. The van der Waals surface area contributed by atoms with Crippen LogP contribution in [0.4, 0.5) is 0 Å². The number of aliphatic hydroxyl groups is 1. The number of aromatic nitrogens is 1. The summed E-state index contributed by atoms with van der Waals surface area (Å²) in [5.74, 6) is -0.0625. The van der Waals surface area contributed by atoms with Gasteiger partial charge in [-0.25, -0.2) is 0 Å². The number of pyridine rings is 1. The fourth-order valence-electron chi connectivity index (χ4n) is 5.59. The third-order valence-electron chi connectivity index (χ3n) is 7.14. The maximum Gasteiger partial charge on any atom is 0.155 e. The smallest absolute Gasteiger partial charge is 0.155 e. The van der Waals surface area contributed by atoms with E-state index in [0.717, 1.165) is 27.8 Å². The first-order valence-corrected chi connectivity index (χ1v) is 12.6. The second-order valence-corrected chi connectivity index (χ2v) is 11.4. The van der Waals surface area contributed by atoms with E-state index in [1.807, 2.05) is 12.3 Å². The van der Waals surface area contributed by atoms with Crippen LogP contribution in [-0.2, 0) is 35.7 Å². The van der Waals surface area contributed by atoms with Gasteiger partial charge in [0.15, 0.2) is 5.78 Å². The maximum absolute atomic E-state index is 10.0. The fourth-order valence-corrected chi connectivity index (χ4v) is 5.59. The van der Waals surface area contributed by atoms with Crippen molar-refractivity contribution in [2.75, 3.05) is 0 Å². The van der Waals surface area contributed by atoms with Gasteiger partial charge in [-0.05, 0) is 42.0 Å². The van der Waals surface area contributed by atoms with Crippen molar-refractivity contribution in [3.8, 4) is 11.3 Å². The Hall–Kier alpha value is -3.27. The zero-order valence-electron chi connectivity index (χ0n) is 22.8. The number of hydrogen-bond donors (Lipinski definition) is 1. The average Bonchev–Trinajstić information content (AvgIpc) is 3.17. The average molecular weight is 683 g/mol. The molecule has 0 unspecified atom stereocenters. The van der Waals surface area contributed by atoms with E-state index < -0.39 is 0 Å². The number of rotatable bonds is 1. The predicted molar refractivity (Wildman–Crippen MR) is 151 cm³/mol. The van der Waals surface area contributed by atoms with E-state index in [0.29, 0.717) is 0 Å². The summed E-state index contributed by atoms with van der Waals surface area (Å²) in [6.07, 6.45) is 3.03. The minimum absolute atomic E-state index is 0. The molecule has 3 aromatic carbocycles. The first kappa shape index (κ1) is 27.8. The SMILES string of the molecule is CC(=O)/C=C(/C)O.CC(C)(C)c1ccc2c3c1oc1ccnc(c13)-c1[c-]cc3ccccc3c1C2(C)C.[Ir]. The summed E-state index contributed by atoms with van der Waals surface area (Å²) in [5.41, 5.74) is 7.54. The van der Waals surface area contributed by atoms with Crippen molar-refractivity contribution in [3.63, 3.8) is 0 Å². The van der Waals surface area contributed by atoms with Crippen molar-refractivity contribution in [1.82, 2.24) is 4.98 Å². The molecule has 6 rings (SSSR count). The summed E-state index contributed by atoms with van der Waals surface area (Å²) in [5, 5.41) is 13.2. The van der Waals surface area contributed by atoms with Crippen molar-refractivity contribution in [3.05, 3.63) is 89.3 Å². The third kappa shape index (κ3) is 4.48. The van der Waals surface area contributed by atoms with Crippen molar-refractivity contribution < 1.29 is 34.4 Å². The summed E-state index contributed by atoms with van der Waals surface area (Å²) in [6.45, 7) is 14.2. The van der Waals surface area contributed by atoms with E-state index in [-0.39, 0.29) is 42.5 Å². The van der Waals surface area contributed by atoms with Crippen LogP contribution in [0.1, 0.15) is 65.2 Å². The van der Waals surface area contributed by atoms with Crippen LogP contribution in [-0.4, -0.2) is 15.9 Å². The molecule has 197 valence electrons. The zero-order chi connectivity index (χ0) is 26.7. The molecule has 0 saturated heterocycles. The molecule has 0 bridgehead atoms. The minimum atomic E-state index is -0.223. The second kappa shape index (κ2) is 9.80. The largest absolute Gasteiger partial charge is 0.512 e. The van der Waals surface area contributed by atoms with Gasteiger partial charge in [0.25, 0.3) is 0 Å². The van der Waals surface area contributed by atoms with Gasteiger partial charge in [-0.2, -0.15) is 0 Å². The molecule has 0 amide bonds.